The van der Waals surface area contributed by atoms with E-state index in [4.69, 9.17) is 0 Å². The monoisotopic (exact) mass is 459 g/mol. The number of hydrogen-bond acceptors (Lipinski definition) is 4. The first kappa shape index (κ1) is 22.9. The Kier molecular flexibility index (Phi) is 7.23. The first-order chi connectivity index (χ1) is 15.4. The number of rotatable bonds is 7. The van der Waals surface area contributed by atoms with E-state index in [9.17, 15) is 17.6 Å². The van der Waals surface area contributed by atoms with Gasteiger partial charge in [0.15, 0.2) is 0 Å². The van der Waals surface area contributed by atoms with Gasteiger partial charge in [-0.15, -0.1) is 0 Å². The van der Waals surface area contributed by atoms with Crippen molar-refractivity contribution < 1.29 is 17.6 Å². The van der Waals surface area contributed by atoms with E-state index >= 15 is 0 Å². The summed E-state index contributed by atoms with van der Waals surface area (Å²) in [5.74, 6) is -0.928. The average Bonchev–Trinajstić information content (AvgIpc) is 2.82. The van der Waals surface area contributed by atoms with Crippen molar-refractivity contribution in [3.8, 4) is 0 Å². The molecule has 4 rings (SSSR count). The number of halogens is 1. The molecule has 0 aromatic heterocycles. The minimum Gasteiger partial charge on any atom is -0.356 e. The van der Waals surface area contributed by atoms with Crippen molar-refractivity contribution in [2.45, 2.75) is 37.1 Å². The molecule has 2 aromatic rings. The molecule has 2 aliphatic heterocycles. The SMILES string of the molecule is O=C(NCCCN1CCc2ccccc2C1)C1CCCN(S(=O)(=O)c2ccc(F)cc2)C1. The molecule has 1 fully saturated rings. The van der Waals surface area contributed by atoms with Crippen LogP contribution in [0.4, 0.5) is 4.39 Å². The molecule has 6 nitrogen and oxygen atoms in total. The van der Waals surface area contributed by atoms with Crippen molar-refractivity contribution in [2.75, 3.05) is 32.7 Å². The number of carbonyl (C=O) groups is 1. The zero-order valence-corrected chi connectivity index (χ0v) is 19.0. The molecule has 32 heavy (non-hydrogen) atoms. The second kappa shape index (κ2) is 10.1. The van der Waals surface area contributed by atoms with Crippen LogP contribution in [0.5, 0.6) is 0 Å². The topological polar surface area (TPSA) is 69.7 Å². The average molecular weight is 460 g/mol. The molecule has 1 unspecified atom stereocenters. The normalized spacial score (nSPS) is 20.0. The van der Waals surface area contributed by atoms with Crippen LogP contribution in [0.1, 0.15) is 30.4 Å². The highest BCUT2D eigenvalue weighted by Gasteiger charge is 2.33. The standard InChI is InChI=1S/C24H30FN3O3S/c25-22-8-10-23(11-9-22)32(30,31)28-15-3-7-21(18-28)24(29)26-13-4-14-27-16-12-19-5-1-2-6-20(19)17-27/h1-2,5-6,8-11,21H,3-4,7,12-18H2,(H,26,29). The molecule has 0 bridgehead atoms. The van der Waals surface area contributed by atoms with Crippen LogP contribution in [-0.4, -0.2) is 56.3 Å². The van der Waals surface area contributed by atoms with Crippen LogP contribution in [-0.2, 0) is 27.8 Å². The Labute approximate surface area is 189 Å². The van der Waals surface area contributed by atoms with E-state index in [1.807, 2.05) is 0 Å². The van der Waals surface area contributed by atoms with Gasteiger partial charge in [0.25, 0.3) is 0 Å². The molecular formula is C24H30FN3O3S. The summed E-state index contributed by atoms with van der Waals surface area (Å²) >= 11 is 0. The van der Waals surface area contributed by atoms with E-state index in [0.29, 0.717) is 25.9 Å². The number of fused-ring (bicyclic) bond motifs is 1. The van der Waals surface area contributed by atoms with Crippen LogP contribution in [0, 0.1) is 11.7 Å². The Bertz CT molecular complexity index is 1040. The lowest BCUT2D eigenvalue weighted by Gasteiger charge is -2.31. The van der Waals surface area contributed by atoms with Crippen molar-refractivity contribution in [2.24, 2.45) is 5.92 Å². The van der Waals surface area contributed by atoms with Gasteiger partial charge in [0.2, 0.25) is 15.9 Å². The Hall–Kier alpha value is -2.29. The quantitative estimate of drug-likeness (QED) is 0.647. The van der Waals surface area contributed by atoms with Crippen molar-refractivity contribution in [3.05, 3.63) is 65.5 Å². The van der Waals surface area contributed by atoms with Gasteiger partial charge in [-0.3, -0.25) is 9.69 Å². The molecule has 1 N–H and O–H groups in total. The fourth-order valence-electron chi connectivity index (χ4n) is 4.53. The summed E-state index contributed by atoms with van der Waals surface area (Å²) in [6.07, 6.45) is 3.22. The van der Waals surface area contributed by atoms with E-state index in [2.05, 4.69) is 34.5 Å². The summed E-state index contributed by atoms with van der Waals surface area (Å²) in [7, 11) is -3.73. The third-order valence-electron chi connectivity index (χ3n) is 6.37. The molecular weight excluding hydrogens is 429 g/mol. The molecule has 0 radical (unpaired) electrons. The van der Waals surface area contributed by atoms with Gasteiger partial charge < -0.3 is 5.32 Å². The molecule has 172 valence electrons. The van der Waals surface area contributed by atoms with Gasteiger partial charge in [-0.1, -0.05) is 24.3 Å². The zero-order valence-electron chi connectivity index (χ0n) is 18.2. The van der Waals surface area contributed by atoms with Gasteiger partial charge >= 0.3 is 0 Å². The van der Waals surface area contributed by atoms with Gasteiger partial charge in [0, 0.05) is 39.3 Å². The highest BCUT2D eigenvalue weighted by atomic mass is 32.2. The number of carbonyl (C=O) groups excluding carboxylic acids is 1. The number of piperidine rings is 1. The van der Waals surface area contributed by atoms with Crippen molar-refractivity contribution >= 4 is 15.9 Å². The third kappa shape index (κ3) is 5.36. The summed E-state index contributed by atoms with van der Waals surface area (Å²) in [6.45, 7) is 4.02. The van der Waals surface area contributed by atoms with Crippen LogP contribution in [0.25, 0.3) is 0 Å². The van der Waals surface area contributed by atoms with E-state index < -0.39 is 15.8 Å². The fourth-order valence-corrected chi connectivity index (χ4v) is 6.06. The van der Waals surface area contributed by atoms with Gasteiger partial charge in [-0.2, -0.15) is 4.31 Å². The maximum Gasteiger partial charge on any atom is 0.243 e. The largest absolute Gasteiger partial charge is 0.356 e. The summed E-state index contributed by atoms with van der Waals surface area (Å²) in [4.78, 5) is 15.1. The molecule has 0 spiro atoms. The van der Waals surface area contributed by atoms with Gasteiger partial charge in [0.1, 0.15) is 5.82 Å². The highest BCUT2D eigenvalue weighted by molar-refractivity contribution is 7.89. The molecule has 2 aliphatic rings. The number of amides is 1. The predicted octanol–water partition coefficient (Wildman–Crippen LogP) is 2.79. The Morgan fingerprint density at radius 3 is 2.59 bits per heavy atom. The van der Waals surface area contributed by atoms with Crippen LogP contribution in [0.3, 0.4) is 0 Å². The minimum absolute atomic E-state index is 0.0584. The summed E-state index contributed by atoms with van der Waals surface area (Å²) in [5, 5.41) is 2.99. The van der Waals surface area contributed by atoms with Crippen LogP contribution in [0.15, 0.2) is 53.4 Å². The van der Waals surface area contributed by atoms with Crippen LogP contribution in [0.2, 0.25) is 0 Å². The molecule has 1 atom stereocenters. The van der Waals surface area contributed by atoms with Crippen molar-refractivity contribution in [3.63, 3.8) is 0 Å². The first-order valence-electron chi connectivity index (χ1n) is 11.3. The maximum absolute atomic E-state index is 13.2. The maximum atomic E-state index is 13.2. The molecule has 2 aromatic carbocycles. The summed E-state index contributed by atoms with van der Waals surface area (Å²) in [5.41, 5.74) is 2.81. The fraction of sp³-hybridized carbons (Fsp3) is 0.458. The number of nitrogens with zero attached hydrogens (tertiary/aromatic N) is 2. The number of hydrogen-bond donors (Lipinski definition) is 1. The lowest BCUT2D eigenvalue weighted by molar-refractivity contribution is -0.126. The van der Waals surface area contributed by atoms with Crippen LogP contribution < -0.4 is 5.32 Å². The lowest BCUT2D eigenvalue weighted by atomic mass is 9.98. The second-order valence-corrected chi connectivity index (χ2v) is 10.5. The molecule has 0 saturated carbocycles. The molecule has 2 heterocycles. The predicted molar refractivity (Wildman–Crippen MR) is 121 cm³/mol. The summed E-state index contributed by atoms with van der Waals surface area (Å²) in [6, 6.07) is 13.4. The van der Waals surface area contributed by atoms with E-state index in [0.717, 1.165) is 44.6 Å². The van der Waals surface area contributed by atoms with Crippen LogP contribution >= 0.6 is 0 Å². The smallest absolute Gasteiger partial charge is 0.243 e. The molecule has 8 heteroatoms. The Morgan fingerprint density at radius 2 is 1.81 bits per heavy atom. The van der Waals surface area contributed by atoms with Crippen molar-refractivity contribution in [1.82, 2.24) is 14.5 Å². The third-order valence-corrected chi connectivity index (χ3v) is 8.25. The van der Waals surface area contributed by atoms with Gasteiger partial charge in [-0.05, 0) is 61.1 Å². The lowest BCUT2D eigenvalue weighted by Crippen LogP contribution is -2.45. The Morgan fingerprint density at radius 1 is 1.06 bits per heavy atom. The Balaban J connectivity index is 1.24. The van der Waals surface area contributed by atoms with Gasteiger partial charge in [0.05, 0.1) is 10.8 Å². The number of nitrogens with one attached hydrogen (secondary N) is 1. The minimum atomic E-state index is -3.73. The van der Waals surface area contributed by atoms with E-state index in [1.165, 1.54) is 27.6 Å². The number of benzene rings is 2. The highest BCUT2D eigenvalue weighted by Crippen LogP contribution is 2.24. The van der Waals surface area contributed by atoms with E-state index in [-0.39, 0.29) is 23.3 Å². The van der Waals surface area contributed by atoms with Crippen molar-refractivity contribution in [1.29, 1.82) is 0 Å². The summed E-state index contributed by atoms with van der Waals surface area (Å²) < 4.78 is 40.2. The number of sulfonamides is 1. The van der Waals surface area contributed by atoms with E-state index in [1.54, 1.807) is 0 Å². The molecule has 0 aliphatic carbocycles. The molecule has 1 saturated heterocycles. The zero-order chi connectivity index (χ0) is 22.6. The first-order valence-corrected chi connectivity index (χ1v) is 12.7. The molecule has 1 amide bonds. The second-order valence-electron chi connectivity index (χ2n) is 8.60. The van der Waals surface area contributed by atoms with Gasteiger partial charge in [-0.25, -0.2) is 12.8 Å².